The molecule has 0 fully saturated rings. The predicted molar refractivity (Wildman–Crippen MR) is 75.4 cm³/mol. The van der Waals surface area contributed by atoms with Crippen LogP contribution >= 0.6 is 0 Å². The highest BCUT2D eigenvalue weighted by atomic mass is 16.4. The summed E-state index contributed by atoms with van der Waals surface area (Å²) in [5.74, 6) is -1.72. The number of carbonyl (C=O) groups excluding carboxylic acids is 2. The van der Waals surface area contributed by atoms with Crippen molar-refractivity contribution >= 4 is 23.6 Å². The third-order valence-electron chi connectivity index (χ3n) is 3.55. The first-order valence-electron chi connectivity index (χ1n) is 6.48. The van der Waals surface area contributed by atoms with Crippen molar-refractivity contribution in [2.45, 2.75) is 38.3 Å². The first-order valence-corrected chi connectivity index (χ1v) is 6.48. The van der Waals surface area contributed by atoms with Gasteiger partial charge >= 0.3 is 5.97 Å². The second-order valence-corrected chi connectivity index (χ2v) is 5.77. The minimum absolute atomic E-state index is 0.115. The van der Waals surface area contributed by atoms with E-state index in [1.54, 1.807) is 36.3 Å². The first kappa shape index (κ1) is 15.0. The van der Waals surface area contributed by atoms with Gasteiger partial charge in [0.15, 0.2) is 0 Å². The van der Waals surface area contributed by atoms with Crippen LogP contribution in [0.25, 0.3) is 0 Å². The fraction of sp³-hybridized carbons (Fsp3) is 0.429. The number of amides is 2. The molecule has 0 aromatic carbocycles. The van der Waals surface area contributed by atoms with Crippen LogP contribution in [0, 0.1) is 0 Å². The molecule has 0 spiro atoms. The Hall–Kier alpha value is -2.44. The van der Waals surface area contributed by atoms with Gasteiger partial charge in [0.25, 0.3) is 5.91 Å². The summed E-state index contributed by atoms with van der Waals surface area (Å²) >= 11 is 0. The van der Waals surface area contributed by atoms with Gasteiger partial charge in [-0.25, -0.2) is 4.79 Å². The smallest absolute Gasteiger partial charge is 0.328 e. The maximum Gasteiger partial charge on any atom is 0.328 e. The molecule has 112 valence electrons. The molecule has 7 heteroatoms. The van der Waals surface area contributed by atoms with Crippen molar-refractivity contribution < 1.29 is 19.5 Å². The van der Waals surface area contributed by atoms with Crippen LogP contribution in [0.2, 0.25) is 0 Å². The number of fused-ring (bicyclic) bond motifs is 1. The number of aliphatic imine (C=N–C) groups is 1. The lowest BCUT2D eigenvalue weighted by molar-refractivity contribution is -0.148. The molecule has 21 heavy (non-hydrogen) atoms. The van der Waals surface area contributed by atoms with Crippen LogP contribution in [0.3, 0.4) is 0 Å². The molecule has 0 aromatic rings. The van der Waals surface area contributed by atoms with Gasteiger partial charge in [-0.3, -0.25) is 9.59 Å². The molecule has 7 nitrogen and oxygen atoms in total. The quantitative estimate of drug-likeness (QED) is 0.786. The summed E-state index contributed by atoms with van der Waals surface area (Å²) in [7, 11) is 0. The Bertz CT molecular complexity index is 603. The molecular formula is C14H17N3O4. The minimum Gasteiger partial charge on any atom is -0.480 e. The number of nitrogens with one attached hydrogen (secondary N) is 1. The van der Waals surface area contributed by atoms with E-state index in [2.05, 4.69) is 10.3 Å². The molecule has 0 bridgehead atoms. The van der Waals surface area contributed by atoms with Gasteiger partial charge in [0.1, 0.15) is 16.9 Å². The third kappa shape index (κ3) is 2.58. The topological polar surface area (TPSA) is 99.1 Å². The Kier molecular flexibility index (Phi) is 3.44. The second kappa shape index (κ2) is 4.83. The molecule has 1 unspecified atom stereocenters. The number of hydrogen-bond donors (Lipinski definition) is 2. The standard InChI is InChI=1S/C14H17N3O4/c1-13(2,12(20)21)16-11(19)14(3)8-10(18)15-9-6-4-5-7-17(9)14/h4-7H,8H2,1-3H3,(H,16,19)(H,20,21). The van der Waals surface area contributed by atoms with Crippen molar-refractivity contribution in [3.8, 4) is 0 Å². The lowest BCUT2D eigenvalue weighted by Gasteiger charge is -2.42. The van der Waals surface area contributed by atoms with E-state index in [0.717, 1.165) is 0 Å². The number of carboxylic acid groups (broad SMARTS) is 1. The summed E-state index contributed by atoms with van der Waals surface area (Å²) in [5.41, 5.74) is -2.63. The normalized spacial score (nSPS) is 24.4. The molecule has 2 rings (SSSR count). The fourth-order valence-corrected chi connectivity index (χ4v) is 2.15. The number of aliphatic carboxylic acids is 1. The van der Waals surface area contributed by atoms with Crippen molar-refractivity contribution in [2.24, 2.45) is 4.99 Å². The molecule has 0 saturated carbocycles. The number of amidine groups is 1. The highest BCUT2D eigenvalue weighted by Gasteiger charge is 2.47. The van der Waals surface area contributed by atoms with Gasteiger partial charge in [-0.15, -0.1) is 0 Å². The zero-order valence-electron chi connectivity index (χ0n) is 12.1. The molecule has 2 aliphatic heterocycles. The molecule has 0 saturated heterocycles. The van der Waals surface area contributed by atoms with Crippen LogP contribution in [0.4, 0.5) is 0 Å². The lowest BCUT2D eigenvalue weighted by Crippen LogP contribution is -2.64. The van der Waals surface area contributed by atoms with E-state index in [1.165, 1.54) is 13.8 Å². The number of rotatable bonds is 3. The van der Waals surface area contributed by atoms with Crippen LogP contribution in [0.1, 0.15) is 27.2 Å². The average molecular weight is 291 g/mol. The van der Waals surface area contributed by atoms with E-state index in [4.69, 9.17) is 5.11 Å². The van der Waals surface area contributed by atoms with Crippen LogP contribution in [0.5, 0.6) is 0 Å². The van der Waals surface area contributed by atoms with Crippen LogP contribution in [-0.4, -0.2) is 44.7 Å². The summed E-state index contributed by atoms with van der Waals surface area (Å²) in [6.07, 6.45) is 6.61. The highest BCUT2D eigenvalue weighted by Crippen LogP contribution is 2.28. The fourth-order valence-electron chi connectivity index (χ4n) is 2.15. The Labute approximate surface area is 122 Å². The lowest BCUT2D eigenvalue weighted by atomic mass is 9.90. The first-order chi connectivity index (χ1) is 9.67. The zero-order valence-corrected chi connectivity index (χ0v) is 12.1. The largest absolute Gasteiger partial charge is 0.480 e. The van der Waals surface area contributed by atoms with E-state index in [-0.39, 0.29) is 6.42 Å². The summed E-state index contributed by atoms with van der Waals surface area (Å²) in [6, 6.07) is 0. The van der Waals surface area contributed by atoms with E-state index in [0.29, 0.717) is 5.84 Å². The van der Waals surface area contributed by atoms with Gasteiger partial charge in [-0.05, 0) is 32.9 Å². The molecule has 2 heterocycles. The van der Waals surface area contributed by atoms with E-state index in [1.807, 2.05) is 0 Å². The number of carboxylic acids is 1. The highest BCUT2D eigenvalue weighted by molar-refractivity contribution is 6.10. The Morgan fingerprint density at radius 3 is 2.71 bits per heavy atom. The van der Waals surface area contributed by atoms with Gasteiger partial charge in [0, 0.05) is 6.20 Å². The number of carbonyl (C=O) groups is 3. The molecule has 0 aromatic heterocycles. The van der Waals surface area contributed by atoms with E-state index >= 15 is 0 Å². The molecular weight excluding hydrogens is 274 g/mol. The number of nitrogens with zero attached hydrogens (tertiary/aromatic N) is 2. The monoisotopic (exact) mass is 291 g/mol. The molecule has 0 radical (unpaired) electrons. The van der Waals surface area contributed by atoms with E-state index in [9.17, 15) is 14.4 Å². The second-order valence-electron chi connectivity index (χ2n) is 5.77. The Morgan fingerprint density at radius 2 is 2.10 bits per heavy atom. The third-order valence-corrected chi connectivity index (χ3v) is 3.55. The molecule has 0 aliphatic carbocycles. The van der Waals surface area contributed by atoms with Crippen LogP contribution in [0.15, 0.2) is 29.4 Å². The maximum absolute atomic E-state index is 12.6. The minimum atomic E-state index is -1.42. The summed E-state index contributed by atoms with van der Waals surface area (Å²) in [5, 5.41) is 11.6. The number of hydrogen-bond acceptors (Lipinski definition) is 4. The number of allylic oxidation sites excluding steroid dienone is 2. The Balaban J connectivity index is 2.33. The van der Waals surface area contributed by atoms with Crippen molar-refractivity contribution in [3.63, 3.8) is 0 Å². The summed E-state index contributed by atoms with van der Waals surface area (Å²) in [6.45, 7) is 4.38. The van der Waals surface area contributed by atoms with Crippen molar-refractivity contribution in [1.82, 2.24) is 10.2 Å². The van der Waals surface area contributed by atoms with Gasteiger partial charge in [0.2, 0.25) is 5.91 Å². The van der Waals surface area contributed by atoms with Gasteiger partial charge < -0.3 is 15.3 Å². The Morgan fingerprint density at radius 1 is 1.43 bits per heavy atom. The van der Waals surface area contributed by atoms with Crippen molar-refractivity contribution in [1.29, 1.82) is 0 Å². The molecule has 1 atom stereocenters. The van der Waals surface area contributed by atoms with Crippen LogP contribution < -0.4 is 5.32 Å². The van der Waals surface area contributed by atoms with Crippen molar-refractivity contribution in [2.75, 3.05) is 0 Å². The van der Waals surface area contributed by atoms with Crippen LogP contribution in [-0.2, 0) is 14.4 Å². The average Bonchev–Trinajstić information content (AvgIpc) is 2.37. The van der Waals surface area contributed by atoms with E-state index < -0.39 is 28.9 Å². The summed E-state index contributed by atoms with van der Waals surface area (Å²) < 4.78 is 0. The van der Waals surface area contributed by atoms with Crippen molar-refractivity contribution in [3.05, 3.63) is 24.4 Å². The van der Waals surface area contributed by atoms with Gasteiger partial charge in [-0.1, -0.05) is 6.08 Å². The SMILES string of the molecule is CC(C)(NC(=O)C1(C)CC(=O)N=C2C=CC=CN21)C(=O)O. The maximum atomic E-state index is 12.6. The molecule has 2 amide bonds. The zero-order chi connectivity index (χ0) is 15.8. The van der Waals surface area contributed by atoms with Gasteiger partial charge in [-0.2, -0.15) is 4.99 Å². The predicted octanol–water partition coefficient (Wildman–Crippen LogP) is 0.439. The van der Waals surface area contributed by atoms with Gasteiger partial charge in [0.05, 0.1) is 6.42 Å². The molecule has 2 aliphatic rings. The molecule has 2 N–H and O–H groups in total. The summed E-state index contributed by atoms with van der Waals surface area (Å²) in [4.78, 5) is 40.9.